The number of hydrogen-bond acceptors (Lipinski definition) is 4. The van der Waals surface area contributed by atoms with E-state index in [9.17, 15) is 27.9 Å². The number of benzene rings is 2. The van der Waals surface area contributed by atoms with E-state index in [1.165, 1.54) is 12.1 Å². The molecule has 0 spiro atoms. The third kappa shape index (κ3) is 3.56. The van der Waals surface area contributed by atoms with Crippen molar-refractivity contribution in [2.75, 3.05) is 0 Å². The first kappa shape index (κ1) is 21.0. The number of ketones is 1. The molecular formula is C23H20F3NO4. The van der Waals surface area contributed by atoms with Crippen molar-refractivity contribution in [1.82, 2.24) is 4.57 Å². The largest absolute Gasteiger partial charge is 0.506 e. The second-order valence-corrected chi connectivity index (χ2v) is 7.53. The highest BCUT2D eigenvalue weighted by atomic mass is 19.4. The van der Waals surface area contributed by atoms with Gasteiger partial charge in [0, 0.05) is 28.9 Å². The van der Waals surface area contributed by atoms with Crippen molar-refractivity contribution in [2.45, 2.75) is 45.3 Å². The van der Waals surface area contributed by atoms with Crippen LogP contribution in [-0.2, 0) is 6.54 Å². The van der Waals surface area contributed by atoms with Crippen molar-refractivity contribution in [3.8, 4) is 5.75 Å². The summed E-state index contributed by atoms with van der Waals surface area (Å²) in [5.41, 5.74) is -1.33. The number of unbranched alkanes of at least 4 members (excludes halogenated alkanes) is 3. The Kier molecular flexibility index (Phi) is 5.24. The minimum absolute atomic E-state index is 0.0775. The number of aromatic nitrogens is 1. The number of Topliss-reactive ketones (excluding diaryl/α,β-unsaturated/α-hetero) is 1. The Morgan fingerprint density at radius 3 is 2.48 bits per heavy atom. The van der Waals surface area contributed by atoms with Crippen LogP contribution in [0.1, 0.15) is 43.0 Å². The third-order valence-corrected chi connectivity index (χ3v) is 5.49. The highest BCUT2D eigenvalue weighted by Crippen LogP contribution is 2.37. The molecule has 0 bridgehead atoms. The predicted octanol–water partition coefficient (Wildman–Crippen LogP) is 5.93. The van der Waals surface area contributed by atoms with Gasteiger partial charge in [-0.25, -0.2) is 4.79 Å². The zero-order valence-corrected chi connectivity index (χ0v) is 16.8. The summed E-state index contributed by atoms with van der Waals surface area (Å²) in [6.45, 7) is 2.84. The number of carbonyl (C=O) groups excluding carboxylic acids is 1. The number of halogens is 3. The van der Waals surface area contributed by atoms with Crippen LogP contribution >= 0.6 is 0 Å². The summed E-state index contributed by atoms with van der Waals surface area (Å²) < 4.78 is 45.8. The Morgan fingerprint density at radius 2 is 1.77 bits per heavy atom. The van der Waals surface area contributed by atoms with Crippen molar-refractivity contribution in [3.05, 3.63) is 52.4 Å². The minimum atomic E-state index is -5.31. The molecule has 0 radical (unpaired) electrons. The van der Waals surface area contributed by atoms with Crippen molar-refractivity contribution >= 4 is 38.6 Å². The van der Waals surface area contributed by atoms with Gasteiger partial charge in [-0.05, 0) is 18.6 Å². The van der Waals surface area contributed by atoms with Crippen molar-refractivity contribution in [3.63, 3.8) is 0 Å². The molecule has 2 heterocycles. The number of fused-ring (bicyclic) bond motifs is 4. The molecule has 4 aromatic rings. The van der Waals surface area contributed by atoms with Gasteiger partial charge in [0.05, 0.1) is 10.9 Å². The first-order valence-corrected chi connectivity index (χ1v) is 10.1. The van der Waals surface area contributed by atoms with Crippen LogP contribution in [-0.4, -0.2) is 21.6 Å². The molecule has 31 heavy (non-hydrogen) atoms. The summed E-state index contributed by atoms with van der Waals surface area (Å²) in [6, 6.07) is 10.6. The molecule has 2 aromatic heterocycles. The van der Waals surface area contributed by atoms with Crippen LogP contribution < -0.4 is 5.63 Å². The zero-order valence-electron chi connectivity index (χ0n) is 16.8. The van der Waals surface area contributed by atoms with Gasteiger partial charge in [-0.1, -0.05) is 44.4 Å². The summed E-state index contributed by atoms with van der Waals surface area (Å²) in [7, 11) is 0. The molecular weight excluding hydrogens is 411 g/mol. The van der Waals surface area contributed by atoms with Gasteiger partial charge in [-0.2, -0.15) is 13.2 Å². The van der Waals surface area contributed by atoms with Crippen LogP contribution in [0.25, 0.3) is 32.8 Å². The van der Waals surface area contributed by atoms with E-state index >= 15 is 0 Å². The van der Waals surface area contributed by atoms with Gasteiger partial charge in [0.25, 0.3) is 5.78 Å². The lowest BCUT2D eigenvalue weighted by Crippen LogP contribution is -2.28. The first-order valence-electron chi connectivity index (χ1n) is 10.1. The van der Waals surface area contributed by atoms with Crippen molar-refractivity contribution < 1.29 is 27.5 Å². The quantitative estimate of drug-likeness (QED) is 0.233. The van der Waals surface area contributed by atoms with Gasteiger partial charge in [0.15, 0.2) is 5.56 Å². The Bertz CT molecular complexity index is 1370. The molecule has 0 unspecified atom stereocenters. The number of aromatic hydroxyl groups is 1. The van der Waals surface area contributed by atoms with Gasteiger partial charge in [0.1, 0.15) is 11.3 Å². The molecule has 4 rings (SSSR count). The molecule has 0 fully saturated rings. The summed E-state index contributed by atoms with van der Waals surface area (Å²) in [5, 5.41) is 11.8. The first-order chi connectivity index (χ1) is 14.7. The monoisotopic (exact) mass is 431 g/mol. The van der Waals surface area contributed by atoms with Crippen LogP contribution in [0.3, 0.4) is 0 Å². The third-order valence-electron chi connectivity index (χ3n) is 5.49. The number of alkyl halides is 3. The lowest BCUT2D eigenvalue weighted by molar-refractivity contribution is -0.0888. The van der Waals surface area contributed by atoms with E-state index in [1.807, 2.05) is 24.3 Å². The average Bonchev–Trinajstić information content (AvgIpc) is 3.02. The van der Waals surface area contributed by atoms with E-state index < -0.39 is 28.9 Å². The lowest BCUT2D eigenvalue weighted by Gasteiger charge is -2.10. The highest BCUT2D eigenvalue weighted by molar-refractivity contribution is 6.14. The van der Waals surface area contributed by atoms with Crippen LogP contribution in [0.5, 0.6) is 5.75 Å². The molecule has 0 atom stereocenters. The Balaban J connectivity index is 1.97. The fourth-order valence-electron chi connectivity index (χ4n) is 4.01. The van der Waals surface area contributed by atoms with Crippen LogP contribution in [0, 0.1) is 0 Å². The van der Waals surface area contributed by atoms with Gasteiger partial charge >= 0.3 is 11.8 Å². The standard InChI is InChI=1S/C23H20F3NO4/c1-2-3-4-7-10-27-16-9-6-5-8-13(16)14-11-15-18(12-17(14)27)31-22(30)19(20(15)28)21(29)23(24,25)26/h5-6,8-9,11-12,28H,2-4,7,10H2,1H3. The molecule has 0 aliphatic rings. The maximum Gasteiger partial charge on any atom is 0.455 e. The van der Waals surface area contributed by atoms with Gasteiger partial charge in [-0.15, -0.1) is 0 Å². The summed E-state index contributed by atoms with van der Waals surface area (Å²) in [5.74, 6) is -3.45. The highest BCUT2D eigenvalue weighted by Gasteiger charge is 2.43. The van der Waals surface area contributed by atoms with Crippen molar-refractivity contribution in [2.24, 2.45) is 0 Å². The van der Waals surface area contributed by atoms with E-state index in [2.05, 4.69) is 11.5 Å². The Hall–Kier alpha value is -3.29. The van der Waals surface area contributed by atoms with E-state index in [4.69, 9.17) is 4.42 Å². The van der Waals surface area contributed by atoms with Crippen LogP contribution in [0.4, 0.5) is 13.2 Å². The smallest absolute Gasteiger partial charge is 0.455 e. The maximum absolute atomic E-state index is 12.9. The number of hydrogen-bond donors (Lipinski definition) is 1. The number of rotatable bonds is 6. The fraction of sp³-hybridized carbons (Fsp3) is 0.304. The molecule has 5 nitrogen and oxygen atoms in total. The predicted molar refractivity (Wildman–Crippen MR) is 112 cm³/mol. The molecule has 8 heteroatoms. The van der Waals surface area contributed by atoms with E-state index in [1.54, 1.807) is 0 Å². The molecule has 0 saturated carbocycles. The SMILES string of the molecule is CCCCCCn1c2ccccc2c2cc3c(O)c(C(=O)C(F)(F)F)c(=O)oc3cc21. The van der Waals surface area contributed by atoms with E-state index in [0.717, 1.165) is 48.6 Å². The molecule has 0 aliphatic heterocycles. The topological polar surface area (TPSA) is 72.4 Å². The molecule has 2 aromatic carbocycles. The molecule has 0 saturated heterocycles. The summed E-state index contributed by atoms with van der Waals surface area (Å²) in [6.07, 6.45) is -1.11. The maximum atomic E-state index is 12.9. The second kappa shape index (κ2) is 7.76. The van der Waals surface area contributed by atoms with Gasteiger partial charge in [0.2, 0.25) is 0 Å². The molecule has 1 N–H and O–H groups in total. The number of para-hydroxylation sites is 1. The van der Waals surface area contributed by atoms with Gasteiger partial charge < -0.3 is 14.1 Å². The normalized spacial score (nSPS) is 12.3. The number of nitrogens with zero attached hydrogens (tertiary/aromatic N) is 1. The van der Waals surface area contributed by atoms with Crippen LogP contribution in [0.2, 0.25) is 0 Å². The van der Waals surface area contributed by atoms with Gasteiger partial charge in [-0.3, -0.25) is 4.79 Å². The van der Waals surface area contributed by atoms with Crippen LogP contribution in [0.15, 0.2) is 45.6 Å². The summed E-state index contributed by atoms with van der Waals surface area (Å²) in [4.78, 5) is 23.8. The Labute approximate surface area is 174 Å². The lowest BCUT2D eigenvalue weighted by atomic mass is 10.1. The number of aryl methyl sites for hydroxylation is 1. The molecule has 0 aliphatic carbocycles. The number of carbonyl (C=O) groups is 1. The molecule has 162 valence electrons. The average molecular weight is 431 g/mol. The fourth-order valence-corrected chi connectivity index (χ4v) is 4.01. The van der Waals surface area contributed by atoms with E-state index in [0.29, 0.717) is 5.39 Å². The Morgan fingerprint density at radius 1 is 1.03 bits per heavy atom. The second-order valence-electron chi connectivity index (χ2n) is 7.53. The van der Waals surface area contributed by atoms with Crippen molar-refractivity contribution in [1.29, 1.82) is 0 Å². The summed E-state index contributed by atoms with van der Waals surface area (Å²) >= 11 is 0. The molecule has 0 amide bonds. The van der Waals surface area contributed by atoms with E-state index in [-0.39, 0.29) is 11.0 Å². The zero-order chi connectivity index (χ0) is 22.3. The minimum Gasteiger partial charge on any atom is -0.506 e.